The molecule has 1 saturated heterocycles. The molecule has 0 spiro atoms. The molecule has 0 saturated carbocycles. The number of Topliss-reactive ketones (excluding diaryl/α,β-unsaturated/α-hetero) is 1. The van der Waals surface area contributed by atoms with Gasteiger partial charge in [-0.05, 0) is 49.4 Å². The van der Waals surface area contributed by atoms with Crippen LogP contribution in [0.3, 0.4) is 0 Å². The van der Waals surface area contributed by atoms with Crippen molar-refractivity contribution in [3.05, 3.63) is 41.9 Å². The van der Waals surface area contributed by atoms with E-state index in [4.69, 9.17) is 14.2 Å². The summed E-state index contributed by atoms with van der Waals surface area (Å²) in [6.45, 7) is 5.00. The Morgan fingerprint density at radius 2 is 2.04 bits per heavy atom. The molecule has 1 N–H and O–H groups in total. The van der Waals surface area contributed by atoms with Crippen molar-refractivity contribution in [3.8, 4) is 17.4 Å². The molecular weight excluding hydrogens is 358 g/mol. The fourth-order valence-electron chi connectivity index (χ4n) is 3.14. The number of hydrogen-bond acceptors (Lipinski definition) is 7. The zero-order valence-electron chi connectivity index (χ0n) is 16.4. The molecule has 28 heavy (non-hydrogen) atoms. The van der Waals surface area contributed by atoms with Crippen molar-refractivity contribution < 1.29 is 19.0 Å². The van der Waals surface area contributed by atoms with E-state index >= 15 is 0 Å². The van der Waals surface area contributed by atoms with Crippen molar-refractivity contribution in [1.29, 1.82) is 0 Å². The van der Waals surface area contributed by atoms with Gasteiger partial charge in [-0.2, -0.15) is 0 Å². The van der Waals surface area contributed by atoms with Gasteiger partial charge in [0.15, 0.2) is 17.3 Å². The largest absolute Gasteiger partial charge is 0.493 e. The van der Waals surface area contributed by atoms with Gasteiger partial charge in [-0.25, -0.2) is 9.97 Å². The molecule has 0 atom stereocenters. The lowest BCUT2D eigenvalue weighted by Gasteiger charge is -2.22. The van der Waals surface area contributed by atoms with Crippen LogP contribution >= 0.6 is 0 Å². The summed E-state index contributed by atoms with van der Waals surface area (Å²) >= 11 is 0. The second-order valence-electron chi connectivity index (χ2n) is 6.90. The number of carbonyl (C=O) groups excluding carboxylic acids is 1. The van der Waals surface area contributed by atoms with E-state index in [1.165, 1.54) is 25.7 Å². The van der Waals surface area contributed by atoms with Gasteiger partial charge in [-0.3, -0.25) is 4.79 Å². The molecule has 0 radical (unpaired) electrons. The van der Waals surface area contributed by atoms with Crippen molar-refractivity contribution in [2.75, 3.05) is 26.9 Å². The maximum absolute atomic E-state index is 11.3. The Morgan fingerprint density at radius 1 is 1.21 bits per heavy atom. The van der Waals surface area contributed by atoms with E-state index in [0.29, 0.717) is 23.1 Å². The van der Waals surface area contributed by atoms with E-state index < -0.39 is 0 Å². The first-order valence-corrected chi connectivity index (χ1v) is 9.62. The zero-order valence-corrected chi connectivity index (χ0v) is 16.4. The molecule has 1 fully saturated rings. The minimum atomic E-state index is -0.134. The molecule has 1 aliphatic rings. The maximum atomic E-state index is 11.3. The second kappa shape index (κ2) is 10.1. The van der Waals surface area contributed by atoms with Crippen molar-refractivity contribution in [1.82, 2.24) is 15.3 Å². The predicted molar refractivity (Wildman–Crippen MR) is 105 cm³/mol. The Morgan fingerprint density at radius 3 is 2.71 bits per heavy atom. The topological polar surface area (TPSA) is 82.6 Å². The number of nitrogens with one attached hydrogen (secondary N) is 1. The van der Waals surface area contributed by atoms with Gasteiger partial charge in [0.05, 0.1) is 19.5 Å². The molecule has 2 heterocycles. The molecule has 0 aliphatic carbocycles. The molecule has 0 amide bonds. The van der Waals surface area contributed by atoms with E-state index in [9.17, 15) is 4.79 Å². The van der Waals surface area contributed by atoms with Gasteiger partial charge in [0.1, 0.15) is 5.69 Å². The lowest BCUT2D eigenvalue weighted by Crippen LogP contribution is -2.22. The van der Waals surface area contributed by atoms with E-state index in [-0.39, 0.29) is 5.78 Å². The number of ketones is 1. The Labute approximate surface area is 165 Å². The zero-order chi connectivity index (χ0) is 19.8. The van der Waals surface area contributed by atoms with Crippen LogP contribution < -0.4 is 14.8 Å². The molecule has 1 aromatic carbocycles. The van der Waals surface area contributed by atoms with Gasteiger partial charge in [0.25, 0.3) is 0 Å². The van der Waals surface area contributed by atoms with Crippen LogP contribution in [0.1, 0.15) is 42.2 Å². The number of nitrogens with zero attached hydrogens (tertiary/aromatic N) is 2. The Bertz CT molecular complexity index is 774. The summed E-state index contributed by atoms with van der Waals surface area (Å²) in [5.74, 6) is 2.12. The highest BCUT2D eigenvalue weighted by atomic mass is 16.5. The highest BCUT2D eigenvalue weighted by molar-refractivity contribution is 5.91. The number of aromatic nitrogens is 2. The Hall–Kier alpha value is -2.51. The van der Waals surface area contributed by atoms with Gasteiger partial charge in [-0.1, -0.05) is 6.07 Å². The highest BCUT2D eigenvalue weighted by Crippen LogP contribution is 2.31. The summed E-state index contributed by atoms with van der Waals surface area (Å²) in [6, 6.07) is 5.81. The van der Waals surface area contributed by atoms with Gasteiger partial charge in [0, 0.05) is 26.7 Å². The molecule has 7 nitrogen and oxygen atoms in total. The molecule has 150 valence electrons. The quantitative estimate of drug-likeness (QED) is 0.523. The predicted octanol–water partition coefficient (Wildman–Crippen LogP) is 3.39. The standard InChI is InChI=1S/C21H27N3O4/c1-15(25)18-13-24-21(14-23-18)28-19-4-3-17(11-20(19)26-2)12-22-8-5-16-6-9-27-10-7-16/h3-4,11,13-14,16,22H,5-10,12H2,1-2H3. The van der Waals surface area contributed by atoms with Crippen LogP contribution in [0.4, 0.5) is 0 Å². The monoisotopic (exact) mass is 385 g/mol. The molecule has 2 aromatic rings. The number of carbonyl (C=O) groups is 1. The van der Waals surface area contributed by atoms with Crippen molar-refractivity contribution in [3.63, 3.8) is 0 Å². The van der Waals surface area contributed by atoms with Crippen LogP contribution in [0.2, 0.25) is 0 Å². The van der Waals surface area contributed by atoms with E-state index in [1.54, 1.807) is 7.11 Å². The maximum Gasteiger partial charge on any atom is 0.238 e. The minimum Gasteiger partial charge on any atom is -0.493 e. The average Bonchev–Trinajstić information content (AvgIpc) is 2.73. The number of rotatable bonds is 9. The summed E-state index contributed by atoms with van der Waals surface area (Å²) in [7, 11) is 1.61. The summed E-state index contributed by atoms with van der Waals surface area (Å²) in [6.07, 6.45) is 6.34. The molecular formula is C21H27N3O4. The van der Waals surface area contributed by atoms with Gasteiger partial charge >= 0.3 is 0 Å². The van der Waals surface area contributed by atoms with Gasteiger partial charge < -0.3 is 19.5 Å². The first kappa shape index (κ1) is 20.2. The van der Waals surface area contributed by atoms with E-state index in [0.717, 1.165) is 50.6 Å². The third-order valence-corrected chi connectivity index (χ3v) is 4.83. The van der Waals surface area contributed by atoms with Crippen LogP contribution in [-0.4, -0.2) is 42.6 Å². The van der Waals surface area contributed by atoms with Crippen LogP contribution in [-0.2, 0) is 11.3 Å². The number of benzene rings is 1. The number of ether oxygens (including phenoxy) is 3. The van der Waals surface area contributed by atoms with E-state index in [2.05, 4.69) is 15.3 Å². The van der Waals surface area contributed by atoms with Crippen LogP contribution in [0.15, 0.2) is 30.6 Å². The van der Waals surface area contributed by atoms with Crippen LogP contribution in [0.25, 0.3) is 0 Å². The SMILES string of the molecule is COc1cc(CNCCC2CCOCC2)ccc1Oc1cnc(C(C)=O)cn1. The molecule has 3 rings (SSSR count). The smallest absolute Gasteiger partial charge is 0.238 e. The number of methoxy groups -OCH3 is 1. The summed E-state index contributed by atoms with van der Waals surface area (Å²) < 4.78 is 16.6. The van der Waals surface area contributed by atoms with Gasteiger partial charge in [-0.15, -0.1) is 0 Å². The van der Waals surface area contributed by atoms with Crippen molar-refractivity contribution in [2.45, 2.75) is 32.7 Å². The van der Waals surface area contributed by atoms with Crippen LogP contribution in [0.5, 0.6) is 17.4 Å². The van der Waals surface area contributed by atoms with Gasteiger partial charge in [0.2, 0.25) is 5.88 Å². The normalized spacial score (nSPS) is 14.6. The molecule has 1 aromatic heterocycles. The lowest BCUT2D eigenvalue weighted by molar-refractivity contribution is 0.0639. The fourth-order valence-corrected chi connectivity index (χ4v) is 3.14. The first-order chi connectivity index (χ1) is 13.7. The molecule has 7 heteroatoms. The summed E-state index contributed by atoms with van der Waals surface area (Å²) in [5.41, 5.74) is 1.43. The van der Waals surface area contributed by atoms with E-state index in [1.807, 2.05) is 18.2 Å². The Kier molecular flexibility index (Phi) is 7.33. The summed E-state index contributed by atoms with van der Waals surface area (Å²) in [4.78, 5) is 19.4. The third-order valence-electron chi connectivity index (χ3n) is 4.83. The fraction of sp³-hybridized carbons (Fsp3) is 0.476. The number of hydrogen-bond donors (Lipinski definition) is 1. The van der Waals surface area contributed by atoms with Crippen molar-refractivity contribution >= 4 is 5.78 Å². The Balaban J connectivity index is 1.53. The van der Waals surface area contributed by atoms with Crippen LogP contribution in [0, 0.1) is 5.92 Å². The minimum absolute atomic E-state index is 0.134. The summed E-state index contributed by atoms with van der Waals surface area (Å²) in [5, 5.41) is 3.49. The third kappa shape index (κ3) is 5.74. The first-order valence-electron chi connectivity index (χ1n) is 9.62. The lowest BCUT2D eigenvalue weighted by atomic mass is 9.97. The molecule has 1 aliphatic heterocycles. The molecule has 0 unspecified atom stereocenters. The average molecular weight is 385 g/mol. The molecule has 0 bridgehead atoms. The second-order valence-corrected chi connectivity index (χ2v) is 6.90. The van der Waals surface area contributed by atoms with Crippen molar-refractivity contribution in [2.24, 2.45) is 5.92 Å². The highest BCUT2D eigenvalue weighted by Gasteiger charge is 2.13.